The maximum absolute atomic E-state index is 10.2. The lowest BCUT2D eigenvalue weighted by Crippen LogP contribution is -2.54. The number of nitrogens with zero attached hydrogens (tertiary/aromatic N) is 3. The second kappa shape index (κ2) is 6.54. The van der Waals surface area contributed by atoms with Crippen LogP contribution in [-0.2, 0) is 4.74 Å². The third-order valence-corrected chi connectivity index (χ3v) is 13.3. The second-order valence-corrected chi connectivity index (χ2v) is 15.0. The van der Waals surface area contributed by atoms with Gasteiger partial charge in [-0.2, -0.15) is 0 Å². The molecule has 0 radical (unpaired) electrons. The van der Waals surface area contributed by atoms with Crippen molar-refractivity contribution in [3.05, 3.63) is 18.1 Å². The molecule has 27 heavy (non-hydrogen) atoms. The molecule has 3 heterocycles. The van der Waals surface area contributed by atoms with Gasteiger partial charge in [0.2, 0.25) is 0 Å². The molecule has 3 rings (SSSR count). The van der Waals surface area contributed by atoms with Crippen LogP contribution in [-0.4, -0.2) is 51.6 Å². The van der Waals surface area contributed by atoms with Crippen molar-refractivity contribution in [2.45, 2.75) is 69.6 Å². The van der Waals surface area contributed by atoms with Crippen molar-refractivity contribution in [3.63, 3.8) is 0 Å². The van der Waals surface area contributed by atoms with E-state index < -0.39 is 13.7 Å². The second-order valence-electron chi connectivity index (χ2n) is 9.39. The van der Waals surface area contributed by atoms with Crippen LogP contribution >= 0.6 is 0 Å². The van der Waals surface area contributed by atoms with E-state index in [2.05, 4.69) is 43.8 Å². The molecule has 0 saturated carbocycles. The zero-order chi connectivity index (χ0) is 20.2. The molecule has 150 valence electrons. The van der Waals surface area contributed by atoms with E-state index in [0.717, 1.165) is 23.0 Å². The van der Waals surface area contributed by atoms with E-state index in [1.54, 1.807) is 0 Å². The van der Waals surface area contributed by atoms with E-state index in [1.165, 1.54) is 6.33 Å². The largest absolute Gasteiger partial charge is 0.393 e. The first-order valence-corrected chi connectivity index (χ1v) is 12.5. The molecule has 8 heteroatoms. The molecule has 0 spiro atoms. The average Bonchev–Trinajstić information content (AvgIpc) is 3.14. The van der Waals surface area contributed by atoms with Gasteiger partial charge in [0.15, 0.2) is 0 Å². The Morgan fingerprint density at radius 2 is 1.93 bits per heavy atom. The molecule has 2 atom stereocenters. The first-order chi connectivity index (χ1) is 12.5. The fraction of sp³-hybridized carbons (Fsp3) is 0.684. The molecule has 0 aromatic carbocycles. The summed E-state index contributed by atoms with van der Waals surface area (Å²) < 4.78 is 8.37. The van der Waals surface area contributed by atoms with Crippen molar-refractivity contribution in [1.29, 1.82) is 0 Å². The van der Waals surface area contributed by atoms with Gasteiger partial charge in [-0.05, 0) is 29.5 Å². The number of fused-ring (bicyclic) bond motifs is 1. The van der Waals surface area contributed by atoms with Gasteiger partial charge in [-0.1, -0.05) is 33.9 Å². The predicted molar refractivity (Wildman–Crippen MR) is 109 cm³/mol. The Morgan fingerprint density at radius 1 is 1.30 bits per heavy atom. The number of anilines is 1. The van der Waals surface area contributed by atoms with Crippen LogP contribution in [0.5, 0.6) is 0 Å². The first-order valence-electron chi connectivity index (χ1n) is 9.45. The molecule has 2 aromatic heterocycles. The summed E-state index contributed by atoms with van der Waals surface area (Å²) in [5.74, 6) is 0.450. The van der Waals surface area contributed by atoms with Gasteiger partial charge in [-0.15, -0.1) is 0 Å². The van der Waals surface area contributed by atoms with Crippen molar-refractivity contribution in [2.24, 2.45) is 0 Å². The van der Waals surface area contributed by atoms with E-state index >= 15 is 0 Å². The fourth-order valence-corrected chi connectivity index (χ4v) is 7.73. The highest BCUT2D eigenvalue weighted by Crippen LogP contribution is 2.57. The van der Waals surface area contributed by atoms with Crippen molar-refractivity contribution < 1.29 is 14.9 Å². The van der Waals surface area contributed by atoms with Crippen LogP contribution in [0.2, 0.25) is 23.7 Å². The normalized spacial score (nSPS) is 23.3. The highest BCUT2D eigenvalue weighted by molar-refractivity contribution is 6.81. The number of nitrogens with two attached hydrogens (primary N) is 1. The summed E-state index contributed by atoms with van der Waals surface area (Å²) >= 11 is 0. The maximum Gasteiger partial charge on any atom is 0.147 e. The van der Waals surface area contributed by atoms with Crippen LogP contribution in [0.15, 0.2) is 12.5 Å². The predicted octanol–water partition coefficient (Wildman–Crippen LogP) is 2.84. The summed E-state index contributed by atoms with van der Waals surface area (Å²) in [4.78, 5) is 8.52. The minimum Gasteiger partial charge on any atom is -0.393 e. The molecule has 0 unspecified atom stereocenters. The molecule has 0 bridgehead atoms. The lowest BCUT2D eigenvalue weighted by atomic mass is 10.0. The molecule has 2 aromatic rings. The third kappa shape index (κ3) is 2.99. The Labute approximate surface area is 161 Å². The van der Waals surface area contributed by atoms with Crippen molar-refractivity contribution in [2.75, 3.05) is 18.9 Å². The van der Waals surface area contributed by atoms with Crippen LogP contribution in [0, 0.1) is 6.92 Å². The summed E-state index contributed by atoms with van der Waals surface area (Å²) in [6.45, 7) is 13.0. The maximum atomic E-state index is 10.2. The van der Waals surface area contributed by atoms with Crippen LogP contribution in [0.4, 0.5) is 5.82 Å². The standard InChI is InChI=1S/C19H32N4O3Si/c1-12-8-23(17-15(12)16(20)21-11-22-17)14-7-13(19(9-24,10-25)26-14)27(5,6)18(2,3)4/h8,11,13-14,24-25H,7,9-10H2,1-6H3,(H2,20,21,22)/t13-,14+/m0/s1. The monoisotopic (exact) mass is 392 g/mol. The number of aliphatic hydroxyl groups excluding tert-OH is 2. The molecule has 1 aliphatic heterocycles. The lowest BCUT2D eigenvalue weighted by Gasteiger charge is -2.47. The van der Waals surface area contributed by atoms with E-state index in [4.69, 9.17) is 10.5 Å². The number of hydrogen-bond acceptors (Lipinski definition) is 6. The van der Waals surface area contributed by atoms with Crippen LogP contribution in [0.3, 0.4) is 0 Å². The minimum absolute atomic E-state index is 0.0990. The highest BCUT2D eigenvalue weighted by Gasteiger charge is 2.58. The number of hydrogen-bond donors (Lipinski definition) is 3. The molecule has 7 nitrogen and oxygen atoms in total. The lowest BCUT2D eigenvalue weighted by molar-refractivity contribution is -0.120. The summed E-state index contributed by atoms with van der Waals surface area (Å²) in [7, 11) is -1.91. The molecular formula is C19H32N4O3Si. The minimum atomic E-state index is -1.91. The third-order valence-electron chi connectivity index (χ3n) is 6.92. The van der Waals surface area contributed by atoms with Gasteiger partial charge in [0.25, 0.3) is 0 Å². The summed E-state index contributed by atoms with van der Waals surface area (Å²) in [5, 5.41) is 21.4. The van der Waals surface area contributed by atoms with Gasteiger partial charge >= 0.3 is 0 Å². The van der Waals surface area contributed by atoms with Crippen LogP contribution in [0.25, 0.3) is 11.0 Å². The molecule has 1 saturated heterocycles. The van der Waals surface area contributed by atoms with E-state index in [0.29, 0.717) is 5.82 Å². The van der Waals surface area contributed by atoms with Crippen molar-refractivity contribution in [1.82, 2.24) is 14.5 Å². The average molecular weight is 393 g/mol. The van der Waals surface area contributed by atoms with Gasteiger partial charge in [0.1, 0.15) is 29.6 Å². The van der Waals surface area contributed by atoms with E-state index in [1.807, 2.05) is 17.7 Å². The van der Waals surface area contributed by atoms with Gasteiger partial charge in [-0.25, -0.2) is 9.97 Å². The Kier molecular flexibility index (Phi) is 4.91. The van der Waals surface area contributed by atoms with Crippen LogP contribution in [0.1, 0.15) is 39.0 Å². The van der Waals surface area contributed by atoms with Crippen molar-refractivity contribution >= 4 is 24.9 Å². The van der Waals surface area contributed by atoms with Crippen molar-refractivity contribution in [3.8, 4) is 0 Å². The Bertz CT molecular complexity index is 839. The Morgan fingerprint density at radius 3 is 2.48 bits per heavy atom. The SMILES string of the molecule is Cc1cn([C@H]2C[C@H]([Si](C)(C)C(C)(C)C)C(CO)(CO)O2)c2ncnc(N)c12. The number of ether oxygens (including phenoxy) is 1. The van der Waals surface area contributed by atoms with Gasteiger partial charge < -0.3 is 25.3 Å². The summed E-state index contributed by atoms with van der Waals surface area (Å²) in [5.41, 5.74) is 6.92. The zero-order valence-corrected chi connectivity index (χ0v) is 18.2. The van der Waals surface area contributed by atoms with Gasteiger partial charge in [0, 0.05) is 6.20 Å². The molecule has 0 aliphatic carbocycles. The van der Waals surface area contributed by atoms with Crippen LogP contribution < -0.4 is 5.73 Å². The molecule has 1 aliphatic rings. The van der Waals surface area contributed by atoms with E-state index in [-0.39, 0.29) is 30.0 Å². The summed E-state index contributed by atoms with van der Waals surface area (Å²) in [6, 6.07) is 0. The smallest absolute Gasteiger partial charge is 0.147 e. The number of aromatic nitrogens is 3. The molecule has 0 amide bonds. The molecule has 4 N–H and O–H groups in total. The molecule has 1 fully saturated rings. The first kappa shape index (κ1) is 20.3. The Hall–Kier alpha value is -1.48. The number of aryl methyl sites for hydroxylation is 1. The number of nitrogen functional groups attached to an aromatic ring is 1. The zero-order valence-electron chi connectivity index (χ0n) is 17.2. The van der Waals surface area contributed by atoms with Gasteiger partial charge in [-0.3, -0.25) is 0 Å². The fourth-order valence-electron chi connectivity index (χ4n) is 4.33. The number of rotatable bonds is 4. The van der Waals surface area contributed by atoms with Gasteiger partial charge in [0.05, 0.1) is 26.7 Å². The quantitative estimate of drug-likeness (QED) is 0.691. The number of aliphatic hydroxyl groups is 2. The molecular weight excluding hydrogens is 360 g/mol. The highest BCUT2D eigenvalue weighted by atomic mass is 28.3. The van der Waals surface area contributed by atoms with E-state index in [9.17, 15) is 10.2 Å². The Balaban J connectivity index is 2.09. The topological polar surface area (TPSA) is 106 Å². The summed E-state index contributed by atoms with van der Waals surface area (Å²) in [6.07, 6.45) is 3.85.